The van der Waals surface area contributed by atoms with E-state index >= 15 is 0 Å². The van der Waals surface area contributed by atoms with Gasteiger partial charge in [0.25, 0.3) is 0 Å². The first-order valence-electron chi connectivity index (χ1n) is 6.69. The molecule has 0 radical (unpaired) electrons. The largest absolute Gasteiger partial charge is 0.330 e. The van der Waals surface area contributed by atoms with Gasteiger partial charge >= 0.3 is 0 Å². The normalized spacial score (nSPS) is 15.2. The third kappa shape index (κ3) is 7.80. The first kappa shape index (κ1) is 14.9. The minimum absolute atomic E-state index is 0.661. The molecule has 0 amide bonds. The molecular formula is C13H30N2. The Kier molecular flexibility index (Phi) is 10.4. The van der Waals surface area contributed by atoms with E-state index in [2.05, 4.69) is 26.1 Å². The SMILES string of the molecule is CCCCC(CC)CNCC(CC)CN. The van der Waals surface area contributed by atoms with Crippen molar-refractivity contribution in [3.8, 4) is 0 Å². The molecule has 3 N–H and O–H groups in total. The molecule has 0 aliphatic carbocycles. The van der Waals surface area contributed by atoms with Crippen LogP contribution in [0.3, 0.4) is 0 Å². The van der Waals surface area contributed by atoms with E-state index in [0.717, 1.165) is 19.0 Å². The van der Waals surface area contributed by atoms with E-state index in [9.17, 15) is 0 Å². The summed E-state index contributed by atoms with van der Waals surface area (Å²) < 4.78 is 0. The van der Waals surface area contributed by atoms with E-state index in [1.165, 1.54) is 38.6 Å². The summed E-state index contributed by atoms with van der Waals surface area (Å²) >= 11 is 0. The summed E-state index contributed by atoms with van der Waals surface area (Å²) in [4.78, 5) is 0. The van der Waals surface area contributed by atoms with E-state index < -0.39 is 0 Å². The van der Waals surface area contributed by atoms with Gasteiger partial charge in [-0.2, -0.15) is 0 Å². The smallest absolute Gasteiger partial charge is 0.000845 e. The highest BCUT2D eigenvalue weighted by molar-refractivity contribution is 4.65. The zero-order valence-corrected chi connectivity index (χ0v) is 10.9. The maximum absolute atomic E-state index is 5.67. The number of hydrogen-bond acceptors (Lipinski definition) is 2. The molecule has 0 bridgehead atoms. The molecule has 2 heteroatoms. The van der Waals surface area contributed by atoms with Crippen molar-refractivity contribution in [1.82, 2.24) is 5.32 Å². The molecule has 0 heterocycles. The Morgan fingerprint density at radius 1 is 1.00 bits per heavy atom. The van der Waals surface area contributed by atoms with Crippen LogP contribution < -0.4 is 11.1 Å². The monoisotopic (exact) mass is 214 g/mol. The predicted molar refractivity (Wildman–Crippen MR) is 69.0 cm³/mol. The van der Waals surface area contributed by atoms with Crippen molar-refractivity contribution in [1.29, 1.82) is 0 Å². The molecule has 92 valence electrons. The summed E-state index contributed by atoms with van der Waals surface area (Å²) in [6.45, 7) is 9.86. The summed E-state index contributed by atoms with van der Waals surface area (Å²) in [5.74, 6) is 1.52. The Morgan fingerprint density at radius 2 is 1.60 bits per heavy atom. The molecule has 0 saturated carbocycles. The minimum Gasteiger partial charge on any atom is -0.330 e. The van der Waals surface area contributed by atoms with Crippen LogP contribution in [0.5, 0.6) is 0 Å². The van der Waals surface area contributed by atoms with Crippen LogP contribution in [0.15, 0.2) is 0 Å². The Bertz CT molecular complexity index is 122. The summed E-state index contributed by atoms with van der Waals surface area (Å²) in [7, 11) is 0. The first-order chi connectivity index (χ1) is 7.28. The number of hydrogen-bond donors (Lipinski definition) is 2. The van der Waals surface area contributed by atoms with Gasteiger partial charge in [0.15, 0.2) is 0 Å². The van der Waals surface area contributed by atoms with Crippen LogP contribution in [-0.2, 0) is 0 Å². The van der Waals surface area contributed by atoms with Gasteiger partial charge in [0.05, 0.1) is 0 Å². The molecule has 0 aliphatic heterocycles. The average molecular weight is 214 g/mol. The highest BCUT2D eigenvalue weighted by Gasteiger charge is 2.07. The first-order valence-corrected chi connectivity index (χ1v) is 6.69. The second kappa shape index (κ2) is 10.4. The molecule has 0 aromatic heterocycles. The minimum atomic E-state index is 0.661. The Morgan fingerprint density at radius 3 is 2.07 bits per heavy atom. The van der Waals surface area contributed by atoms with Crippen molar-refractivity contribution < 1.29 is 0 Å². The molecule has 2 atom stereocenters. The van der Waals surface area contributed by atoms with Gasteiger partial charge in [-0.15, -0.1) is 0 Å². The lowest BCUT2D eigenvalue weighted by atomic mass is 9.99. The summed E-state index contributed by atoms with van der Waals surface area (Å²) in [5.41, 5.74) is 5.67. The molecule has 0 rings (SSSR count). The molecule has 2 nitrogen and oxygen atoms in total. The lowest BCUT2D eigenvalue weighted by Gasteiger charge is -2.18. The van der Waals surface area contributed by atoms with Crippen molar-refractivity contribution in [2.75, 3.05) is 19.6 Å². The number of unbranched alkanes of at least 4 members (excludes halogenated alkanes) is 1. The van der Waals surface area contributed by atoms with E-state index in [0.29, 0.717) is 5.92 Å². The molecule has 2 unspecified atom stereocenters. The van der Waals surface area contributed by atoms with Gasteiger partial charge in [0.2, 0.25) is 0 Å². The van der Waals surface area contributed by atoms with Crippen LogP contribution in [0.2, 0.25) is 0 Å². The second-order valence-electron chi connectivity index (χ2n) is 4.58. The number of rotatable bonds is 10. The van der Waals surface area contributed by atoms with Crippen molar-refractivity contribution in [3.63, 3.8) is 0 Å². The molecule has 0 aliphatic rings. The molecule has 0 saturated heterocycles. The highest BCUT2D eigenvalue weighted by Crippen LogP contribution is 2.11. The predicted octanol–water partition coefficient (Wildman–Crippen LogP) is 2.78. The standard InChI is InChI=1S/C13H30N2/c1-4-7-8-12(5-2)10-15-11-13(6-3)9-14/h12-13,15H,4-11,14H2,1-3H3. The summed E-state index contributed by atoms with van der Waals surface area (Å²) in [6.07, 6.45) is 6.55. The van der Waals surface area contributed by atoms with Gasteiger partial charge in [-0.25, -0.2) is 0 Å². The zero-order chi connectivity index (χ0) is 11.5. The van der Waals surface area contributed by atoms with Gasteiger partial charge < -0.3 is 11.1 Å². The number of nitrogens with one attached hydrogen (secondary N) is 1. The maximum Gasteiger partial charge on any atom is -0.000845 e. The van der Waals surface area contributed by atoms with E-state index in [1.54, 1.807) is 0 Å². The van der Waals surface area contributed by atoms with Crippen LogP contribution in [0.1, 0.15) is 52.9 Å². The van der Waals surface area contributed by atoms with Crippen molar-refractivity contribution >= 4 is 0 Å². The lowest BCUT2D eigenvalue weighted by Crippen LogP contribution is -2.31. The number of nitrogens with two attached hydrogens (primary N) is 1. The second-order valence-corrected chi connectivity index (χ2v) is 4.58. The fourth-order valence-electron chi connectivity index (χ4n) is 1.83. The maximum atomic E-state index is 5.67. The fraction of sp³-hybridized carbons (Fsp3) is 1.00. The molecular weight excluding hydrogens is 184 g/mol. The van der Waals surface area contributed by atoms with Gasteiger partial charge in [-0.3, -0.25) is 0 Å². The molecule has 0 aromatic carbocycles. The highest BCUT2D eigenvalue weighted by atomic mass is 14.9. The van der Waals surface area contributed by atoms with Gasteiger partial charge in [-0.1, -0.05) is 46.5 Å². The van der Waals surface area contributed by atoms with E-state index in [1.807, 2.05) is 0 Å². The van der Waals surface area contributed by atoms with E-state index in [4.69, 9.17) is 5.73 Å². The van der Waals surface area contributed by atoms with Gasteiger partial charge in [-0.05, 0) is 37.9 Å². The zero-order valence-electron chi connectivity index (χ0n) is 10.9. The summed E-state index contributed by atoms with van der Waals surface area (Å²) in [5, 5.41) is 3.57. The lowest BCUT2D eigenvalue weighted by molar-refractivity contribution is 0.390. The van der Waals surface area contributed by atoms with Gasteiger partial charge in [0.1, 0.15) is 0 Å². The Labute approximate surface area is 96.0 Å². The van der Waals surface area contributed by atoms with Crippen LogP contribution in [-0.4, -0.2) is 19.6 Å². The van der Waals surface area contributed by atoms with Crippen molar-refractivity contribution in [2.45, 2.75) is 52.9 Å². The van der Waals surface area contributed by atoms with Crippen molar-refractivity contribution in [3.05, 3.63) is 0 Å². The Balaban J connectivity index is 3.52. The fourth-order valence-corrected chi connectivity index (χ4v) is 1.83. The van der Waals surface area contributed by atoms with Crippen LogP contribution in [0.4, 0.5) is 0 Å². The van der Waals surface area contributed by atoms with E-state index in [-0.39, 0.29) is 0 Å². The molecule has 0 fully saturated rings. The van der Waals surface area contributed by atoms with Crippen molar-refractivity contribution in [2.24, 2.45) is 17.6 Å². The molecule has 15 heavy (non-hydrogen) atoms. The topological polar surface area (TPSA) is 38.0 Å². The third-order valence-electron chi connectivity index (χ3n) is 3.32. The average Bonchev–Trinajstić information content (AvgIpc) is 2.28. The van der Waals surface area contributed by atoms with Crippen LogP contribution >= 0.6 is 0 Å². The quantitative estimate of drug-likeness (QED) is 0.587. The third-order valence-corrected chi connectivity index (χ3v) is 3.32. The van der Waals surface area contributed by atoms with Gasteiger partial charge in [0, 0.05) is 0 Å². The van der Waals surface area contributed by atoms with Crippen LogP contribution in [0, 0.1) is 11.8 Å². The Hall–Kier alpha value is -0.0800. The van der Waals surface area contributed by atoms with Crippen LogP contribution in [0.25, 0.3) is 0 Å². The molecule has 0 aromatic rings. The summed E-state index contributed by atoms with van der Waals surface area (Å²) in [6, 6.07) is 0. The molecule has 0 spiro atoms.